The third-order valence-electron chi connectivity index (χ3n) is 4.10. The van der Waals surface area contributed by atoms with Crippen LogP contribution in [0, 0.1) is 0 Å². The minimum absolute atomic E-state index is 0.0722. The van der Waals surface area contributed by atoms with Crippen LogP contribution < -0.4 is 4.90 Å². The fourth-order valence-corrected chi connectivity index (χ4v) is 3.07. The smallest absolute Gasteiger partial charge is 0.231 e. The van der Waals surface area contributed by atoms with E-state index >= 15 is 0 Å². The normalized spacial score (nSPS) is 15.6. The maximum absolute atomic E-state index is 11.7. The molecule has 1 aromatic rings. The molecule has 1 atom stereocenters. The number of likely N-dealkylation sites (N-methyl/N-ethyl adjacent to an activating group) is 1. The first-order valence-corrected chi connectivity index (χ1v) is 8.10. The molecule has 1 heterocycles. The number of hydrogen-bond acceptors (Lipinski definition) is 1. The molecule has 2 nitrogen and oxygen atoms in total. The second kappa shape index (κ2) is 7.12. The summed E-state index contributed by atoms with van der Waals surface area (Å²) in [6.07, 6.45) is 7.89. The van der Waals surface area contributed by atoms with Crippen LogP contribution in [-0.4, -0.2) is 13.0 Å². The summed E-state index contributed by atoms with van der Waals surface area (Å²) in [7, 11) is 1.83. The lowest BCUT2D eigenvalue weighted by atomic mass is 10.0. The van der Waals surface area contributed by atoms with Crippen LogP contribution in [0.4, 0.5) is 5.69 Å². The Bertz CT molecular complexity index is 472. The lowest BCUT2D eigenvalue weighted by Gasteiger charge is -2.13. The molecule has 1 unspecified atom stereocenters. The predicted octanol–water partition coefficient (Wildman–Crippen LogP) is 4.85. The molecule has 1 aliphatic rings. The van der Waals surface area contributed by atoms with Gasteiger partial charge in [0, 0.05) is 12.7 Å². The van der Waals surface area contributed by atoms with Crippen molar-refractivity contribution in [2.24, 2.45) is 0 Å². The van der Waals surface area contributed by atoms with Gasteiger partial charge in [-0.1, -0.05) is 51.2 Å². The molecular formula is C17H24ClNO. The van der Waals surface area contributed by atoms with E-state index in [2.05, 4.69) is 19.1 Å². The van der Waals surface area contributed by atoms with Crippen LogP contribution in [0.15, 0.2) is 18.2 Å². The van der Waals surface area contributed by atoms with E-state index in [0.717, 1.165) is 23.2 Å². The number of benzene rings is 1. The van der Waals surface area contributed by atoms with Gasteiger partial charge in [-0.25, -0.2) is 0 Å². The molecule has 0 radical (unpaired) electrons. The van der Waals surface area contributed by atoms with Crippen molar-refractivity contribution in [3.8, 4) is 0 Å². The summed E-state index contributed by atoms with van der Waals surface area (Å²) in [5.41, 5.74) is 3.31. The van der Waals surface area contributed by atoms with Crippen molar-refractivity contribution in [3.05, 3.63) is 29.3 Å². The molecule has 0 saturated carbocycles. The number of amides is 1. The van der Waals surface area contributed by atoms with Crippen molar-refractivity contribution >= 4 is 23.2 Å². The van der Waals surface area contributed by atoms with Gasteiger partial charge in [-0.2, -0.15) is 0 Å². The highest BCUT2D eigenvalue weighted by Crippen LogP contribution is 2.33. The third kappa shape index (κ3) is 3.54. The van der Waals surface area contributed by atoms with Crippen LogP contribution >= 0.6 is 11.6 Å². The molecule has 20 heavy (non-hydrogen) atoms. The molecule has 0 saturated heterocycles. The van der Waals surface area contributed by atoms with Gasteiger partial charge < -0.3 is 4.90 Å². The van der Waals surface area contributed by atoms with Crippen LogP contribution in [-0.2, 0) is 11.2 Å². The van der Waals surface area contributed by atoms with E-state index in [9.17, 15) is 4.79 Å². The molecule has 1 aliphatic heterocycles. The number of carbonyl (C=O) groups is 1. The van der Waals surface area contributed by atoms with Gasteiger partial charge in [-0.15, -0.1) is 11.6 Å². The summed E-state index contributed by atoms with van der Waals surface area (Å²) in [4.78, 5) is 13.4. The van der Waals surface area contributed by atoms with Crippen LogP contribution in [0.3, 0.4) is 0 Å². The summed E-state index contributed by atoms with van der Waals surface area (Å²) in [6, 6.07) is 6.21. The van der Waals surface area contributed by atoms with E-state index in [4.69, 9.17) is 11.6 Å². The molecule has 1 aromatic carbocycles. The number of halogens is 1. The number of unbranched alkanes of at least 4 members (excludes halogenated alkanes) is 4. The van der Waals surface area contributed by atoms with Gasteiger partial charge in [-0.3, -0.25) is 4.79 Å². The molecule has 0 N–H and O–H groups in total. The van der Waals surface area contributed by atoms with E-state index in [0.29, 0.717) is 6.42 Å². The Labute approximate surface area is 127 Å². The Morgan fingerprint density at radius 3 is 2.75 bits per heavy atom. The number of alkyl halides is 1. The summed E-state index contributed by atoms with van der Waals surface area (Å²) in [5.74, 6) is 0.169. The largest absolute Gasteiger partial charge is 0.315 e. The highest BCUT2D eigenvalue weighted by molar-refractivity contribution is 6.20. The molecule has 110 valence electrons. The van der Waals surface area contributed by atoms with Crippen molar-refractivity contribution in [1.29, 1.82) is 0 Å². The SMILES string of the molecule is CCCCCCCC(Cl)c1ccc2c(c1)CC(=O)N2C. The zero-order chi connectivity index (χ0) is 14.5. The van der Waals surface area contributed by atoms with Gasteiger partial charge in [0.2, 0.25) is 5.91 Å². The minimum Gasteiger partial charge on any atom is -0.315 e. The Hall–Kier alpha value is -1.02. The highest BCUT2D eigenvalue weighted by atomic mass is 35.5. The average Bonchev–Trinajstić information content (AvgIpc) is 2.73. The molecule has 0 aromatic heterocycles. The second-order valence-electron chi connectivity index (χ2n) is 5.69. The number of hydrogen-bond donors (Lipinski definition) is 0. The number of anilines is 1. The van der Waals surface area contributed by atoms with Crippen molar-refractivity contribution in [1.82, 2.24) is 0 Å². The van der Waals surface area contributed by atoms with E-state index in [1.54, 1.807) is 4.90 Å². The third-order valence-corrected chi connectivity index (χ3v) is 4.57. The first-order valence-electron chi connectivity index (χ1n) is 7.67. The topological polar surface area (TPSA) is 20.3 Å². The molecule has 0 spiro atoms. The Morgan fingerprint density at radius 2 is 2.00 bits per heavy atom. The van der Waals surface area contributed by atoms with E-state index in [1.807, 2.05) is 13.1 Å². The second-order valence-corrected chi connectivity index (χ2v) is 6.21. The number of nitrogens with zero attached hydrogens (tertiary/aromatic N) is 1. The van der Waals surface area contributed by atoms with E-state index in [-0.39, 0.29) is 11.3 Å². The fourth-order valence-electron chi connectivity index (χ4n) is 2.78. The van der Waals surface area contributed by atoms with Crippen molar-refractivity contribution in [2.75, 3.05) is 11.9 Å². The van der Waals surface area contributed by atoms with Crippen LogP contribution in [0.25, 0.3) is 0 Å². The molecule has 0 fully saturated rings. The fraction of sp³-hybridized carbons (Fsp3) is 0.588. The quantitative estimate of drug-likeness (QED) is 0.520. The van der Waals surface area contributed by atoms with E-state index in [1.165, 1.54) is 32.1 Å². The zero-order valence-electron chi connectivity index (χ0n) is 12.5. The van der Waals surface area contributed by atoms with Crippen LogP contribution in [0.5, 0.6) is 0 Å². The van der Waals surface area contributed by atoms with Gasteiger partial charge in [0.15, 0.2) is 0 Å². The summed E-state index contributed by atoms with van der Waals surface area (Å²) in [6.45, 7) is 2.23. The van der Waals surface area contributed by atoms with Crippen molar-refractivity contribution < 1.29 is 4.79 Å². The summed E-state index contributed by atoms with van der Waals surface area (Å²) in [5, 5.41) is 0.0722. The Morgan fingerprint density at radius 1 is 1.25 bits per heavy atom. The van der Waals surface area contributed by atoms with Crippen LogP contribution in [0.2, 0.25) is 0 Å². The zero-order valence-corrected chi connectivity index (χ0v) is 13.2. The number of rotatable bonds is 7. The van der Waals surface area contributed by atoms with Gasteiger partial charge in [0.05, 0.1) is 11.8 Å². The Kier molecular flexibility index (Phi) is 5.47. The van der Waals surface area contributed by atoms with Crippen molar-refractivity contribution in [2.45, 2.75) is 57.2 Å². The molecule has 0 aliphatic carbocycles. The van der Waals surface area contributed by atoms with Gasteiger partial charge in [-0.05, 0) is 23.6 Å². The maximum atomic E-state index is 11.7. The lowest BCUT2D eigenvalue weighted by Crippen LogP contribution is -2.20. The maximum Gasteiger partial charge on any atom is 0.231 e. The summed E-state index contributed by atoms with van der Waals surface area (Å²) < 4.78 is 0. The van der Waals surface area contributed by atoms with Gasteiger partial charge in [0.1, 0.15) is 0 Å². The minimum atomic E-state index is 0.0722. The van der Waals surface area contributed by atoms with Gasteiger partial charge in [0.25, 0.3) is 0 Å². The summed E-state index contributed by atoms with van der Waals surface area (Å²) >= 11 is 6.49. The monoisotopic (exact) mass is 293 g/mol. The highest BCUT2D eigenvalue weighted by Gasteiger charge is 2.24. The molecule has 3 heteroatoms. The average molecular weight is 294 g/mol. The first-order chi connectivity index (χ1) is 9.63. The lowest BCUT2D eigenvalue weighted by molar-refractivity contribution is -0.117. The van der Waals surface area contributed by atoms with E-state index < -0.39 is 0 Å². The van der Waals surface area contributed by atoms with Gasteiger partial charge >= 0.3 is 0 Å². The number of fused-ring (bicyclic) bond motifs is 1. The molecule has 1 amide bonds. The molecule has 2 rings (SSSR count). The number of carbonyl (C=O) groups excluding carboxylic acids is 1. The first kappa shape index (κ1) is 15.4. The standard InChI is InChI=1S/C17H24ClNO/c1-3-4-5-6-7-8-15(18)13-9-10-16-14(11-13)12-17(20)19(16)2/h9-11,15H,3-8,12H2,1-2H3. The predicted molar refractivity (Wildman–Crippen MR) is 85.5 cm³/mol. The Balaban J connectivity index is 1.90. The van der Waals surface area contributed by atoms with Crippen molar-refractivity contribution in [3.63, 3.8) is 0 Å². The van der Waals surface area contributed by atoms with Crippen LogP contribution in [0.1, 0.15) is 62.0 Å². The molecule has 0 bridgehead atoms. The molecular weight excluding hydrogens is 270 g/mol.